The molecule has 4 aromatic rings. The van der Waals surface area contributed by atoms with E-state index in [-0.39, 0.29) is 23.4 Å². The van der Waals surface area contributed by atoms with Crippen molar-refractivity contribution in [2.75, 3.05) is 23.7 Å². The molecule has 2 aromatic carbocycles. The number of halogens is 3. The summed E-state index contributed by atoms with van der Waals surface area (Å²) in [6, 6.07) is 8.98. The molecule has 0 spiro atoms. The number of nitrogens with two attached hydrogens (primary N) is 1. The number of nitrogens with zero attached hydrogens (tertiary/aromatic N) is 5. The number of carbonyl (C=O) groups excluding carboxylic acids is 1. The van der Waals surface area contributed by atoms with Gasteiger partial charge in [0.25, 0.3) is 0 Å². The lowest BCUT2D eigenvalue weighted by Crippen LogP contribution is -2.31. The molecule has 0 atom stereocenters. The monoisotopic (exact) mass is 482 g/mol. The van der Waals surface area contributed by atoms with E-state index in [1.807, 2.05) is 7.05 Å². The van der Waals surface area contributed by atoms with Gasteiger partial charge in [-0.15, -0.1) is 0 Å². The minimum atomic E-state index is -0.542. The first-order valence-corrected chi connectivity index (χ1v) is 11.0. The van der Waals surface area contributed by atoms with Crippen LogP contribution in [0.5, 0.6) is 0 Å². The van der Waals surface area contributed by atoms with Gasteiger partial charge in [0.2, 0.25) is 0 Å². The van der Waals surface area contributed by atoms with E-state index in [4.69, 9.17) is 17.3 Å². The molecule has 7 nitrogen and oxygen atoms in total. The fourth-order valence-corrected chi connectivity index (χ4v) is 4.55. The van der Waals surface area contributed by atoms with E-state index in [1.54, 1.807) is 42.0 Å². The van der Waals surface area contributed by atoms with Crippen molar-refractivity contribution in [3.63, 3.8) is 0 Å². The second-order valence-electron chi connectivity index (χ2n) is 8.24. The summed E-state index contributed by atoms with van der Waals surface area (Å²) in [6.45, 7) is 2.56. The molecule has 0 saturated carbocycles. The molecule has 0 radical (unpaired) electrons. The van der Waals surface area contributed by atoms with E-state index in [9.17, 15) is 9.18 Å². The highest BCUT2D eigenvalue weighted by Gasteiger charge is 2.31. The molecule has 1 aliphatic heterocycles. The lowest BCUT2D eigenvalue weighted by Gasteiger charge is -2.19. The number of hydrogen-bond donors (Lipinski definition) is 1. The molecule has 5 rings (SSSR count). The van der Waals surface area contributed by atoms with Gasteiger partial charge in [0.15, 0.2) is 0 Å². The number of benzene rings is 2. The van der Waals surface area contributed by atoms with E-state index in [0.717, 1.165) is 0 Å². The molecular weight excluding hydrogens is 462 g/mol. The lowest BCUT2D eigenvalue weighted by molar-refractivity contribution is 0.218. The molecule has 2 amide bonds. The summed E-state index contributed by atoms with van der Waals surface area (Å²) < 4.78 is 31.3. The number of anilines is 2. The van der Waals surface area contributed by atoms with Gasteiger partial charge < -0.3 is 15.2 Å². The average molecular weight is 483 g/mol. The highest BCUT2D eigenvalue weighted by Crippen LogP contribution is 2.36. The van der Waals surface area contributed by atoms with Crippen LogP contribution in [-0.4, -0.2) is 38.6 Å². The van der Waals surface area contributed by atoms with Crippen LogP contribution in [0.25, 0.3) is 22.2 Å². The Hall–Kier alpha value is -3.72. The molecule has 2 aromatic heterocycles. The summed E-state index contributed by atoms with van der Waals surface area (Å²) in [7, 11) is 1.81. The van der Waals surface area contributed by atoms with E-state index >= 15 is 4.39 Å². The zero-order valence-electron chi connectivity index (χ0n) is 18.5. The SMILES string of the molecule is Cc1nc(N)c2c(-c3ccc(N4CCN(Cc5cccc(Cl)c5F)C4=O)cc3F)cn(C)c2n1. The highest BCUT2D eigenvalue weighted by molar-refractivity contribution is 6.30. The number of fused-ring (bicyclic) bond motifs is 1. The molecule has 3 heterocycles. The molecule has 0 aliphatic carbocycles. The highest BCUT2D eigenvalue weighted by atomic mass is 35.5. The van der Waals surface area contributed by atoms with Gasteiger partial charge in [-0.2, -0.15) is 0 Å². The van der Waals surface area contributed by atoms with E-state index in [2.05, 4.69) is 9.97 Å². The van der Waals surface area contributed by atoms with Crippen LogP contribution < -0.4 is 10.6 Å². The molecule has 10 heteroatoms. The Balaban J connectivity index is 1.43. The van der Waals surface area contributed by atoms with Crippen LogP contribution in [0.2, 0.25) is 5.02 Å². The first-order valence-electron chi connectivity index (χ1n) is 10.6. The third kappa shape index (κ3) is 3.62. The van der Waals surface area contributed by atoms with Crippen LogP contribution in [0.4, 0.5) is 25.1 Å². The maximum absolute atomic E-state index is 15.3. The predicted molar refractivity (Wildman–Crippen MR) is 128 cm³/mol. The summed E-state index contributed by atoms with van der Waals surface area (Å²) in [5, 5.41) is 0.583. The Bertz CT molecular complexity index is 1450. The Morgan fingerprint density at radius 3 is 2.68 bits per heavy atom. The van der Waals surface area contributed by atoms with Crippen molar-refractivity contribution in [1.29, 1.82) is 0 Å². The molecule has 1 fully saturated rings. The maximum atomic E-state index is 15.3. The zero-order chi connectivity index (χ0) is 24.1. The van der Waals surface area contributed by atoms with E-state index < -0.39 is 11.6 Å². The predicted octanol–water partition coefficient (Wildman–Crippen LogP) is 4.90. The largest absolute Gasteiger partial charge is 0.383 e. The average Bonchev–Trinajstić information content (AvgIpc) is 3.31. The number of hydrogen-bond acceptors (Lipinski definition) is 4. The summed E-state index contributed by atoms with van der Waals surface area (Å²) >= 11 is 5.85. The third-order valence-electron chi connectivity index (χ3n) is 6.00. The Morgan fingerprint density at radius 2 is 1.91 bits per heavy atom. The standard InChI is InChI=1S/C24H21ClF2N6O/c1-13-29-22(28)20-17(12-31(2)23(20)30-13)16-7-6-15(10-19(16)26)33-9-8-32(24(33)34)11-14-4-3-5-18(25)21(14)27/h3-7,10,12H,8-9,11H2,1-2H3,(H2,28,29,30). The van der Waals surface area contributed by atoms with Crippen molar-refractivity contribution in [2.24, 2.45) is 7.05 Å². The first kappa shape index (κ1) is 22.1. The van der Waals surface area contributed by atoms with Crippen molar-refractivity contribution in [1.82, 2.24) is 19.4 Å². The van der Waals surface area contributed by atoms with Gasteiger partial charge >= 0.3 is 6.03 Å². The number of rotatable bonds is 4. The summed E-state index contributed by atoms with van der Waals surface area (Å²) in [6.07, 6.45) is 1.76. The van der Waals surface area contributed by atoms with Gasteiger partial charge in [-0.1, -0.05) is 23.7 Å². The summed E-state index contributed by atoms with van der Waals surface area (Å²) in [4.78, 5) is 24.6. The molecular formula is C24H21ClF2N6O. The molecule has 1 saturated heterocycles. The first-order chi connectivity index (χ1) is 16.2. The number of aromatic nitrogens is 3. The van der Waals surface area contributed by atoms with Gasteiger partial charge in [-0.25, -0.2) is 23.5 Å². The second-order valence-corrected chi connectivity index (χ2v) is 8.65. The van der Waals surface area contributed by atoms with E-state index in [0.29, 0.717) is 52.3 Å². The minimum absolute atomic E-state index is 0.00768. The lowest BCUT2D eigenvalue weighted by atomic mass is 10.0. The molecule has 1 aliphatic rings. The number of nitrogen functional groups attached to an aromatic ring is 1. The quantitative estimate of drug-likeness (QED) is 0.448. The summed E-state index contributed by atoms with van der Waals surface area (Å²) in [5.74, 6) is -0.236. The Labute approximate surface area is 199 Å². The molecule has 2 N–H and O–H groups in total. The minimum Gasteiger partial charge on any atom is -0.383 e. The Morgan fingerprint density at radius 1 is 1.12 bits per heavy atom. The van der Waals surface area contributed by atoms with E-state index in [1.165, 1.54) is 21.9 Å². The van der Waals surface area contributed by atoms with Gasteiger partial charge in [0.05, 0.1) is 17.0 Å². The van der Waals surface area contributed by atoms with Crippen molar-refractivity contribution in [3.05, 3.63) is 70.6 Å². The smallest absolute Gasteiger partial charge is 0.324 e. The normalized spacial score (nSPS) is 14.0. The number of aryl methyl sites for hydroxylation is 2. The molecule has 0 bridgehead atoms. The van der Waals surface area contributed by atoms with Gasteiger partial charge in [-0.05, 0) is 31.2 Å². The topological polar surface area (TPSA) is 80.3 Å². The number of amides is 2. The van der Waals surface area contributed by atoms with Gasteiger partial charge in [-0.3, -0.25) is 4.90 Å². The number of urea groups is 1. The van der Waals surface area contributed by atoms with Crippen molar-refractivity contribution >= 4 is 40.2 Å². The van der Waals surface area contributed by atoms with Crippen LogP contribution in [0.3, 0.4) is 0 Å². The van der Waals surface area contributed by atoms with Crippen molar-refractivity contribution in [3.8, 4) is 11.1 Å². The van der Waals surface area contributed by atoms with Crippen LogP contribution in [0, 0.1) is 18.6 Å². The van der Waals surface area contributed by atoms with Crippen LogP contribution in [0.1, 0.15) is 11.4 Å². The summed E-state index contributed by atoms with van der Waals surface area (Å²) in [5.41, 5.74) is 8.39. The fraction of sp³-hybridized carbons (Fsp3) is 0.208. The third-order valence-corrected chi connectivity index (χ3v) is 6.29. The molecule has 174 valence electrons. The Kier molecular flexibility index (Phi) is 5.36. The van der Waals surface area contributed by atoms with Crippen LogP contribution in [0.15, 0.2) is 42.6 Å². The van der Waals surface area contributed by atoms with Crippen molar-refractivity contribution < 1.29 is 13.6 Å². The second kappa shape index (κ2) is 8.25. The van der Waals surface area contributed by atoms with Crippen molar-refractivity contribution in [2.45, 2.75) is 13.5 Å². The van der Waals surface area contributed by atoms with Gasteiger partial charge in [0.1, 0.15) is 28.9 Å². The fourth-order valence-electron chi connectivity index (χ4n) is 4.35. The van der Waals surface area contributed by atoms with Crippen LogP contribution >= 0.6 is 11.6 Å². The van der Waals surface area contributed by atoms with Gasteiger partial charge in [0, 0.05) is 48.7 Å². The maximum Gasteiger partial charge on any atom is 0.324 e. The zero-order valence-corrected chi connectivity index (χ0v) is 19.3. The molecule has 34 heavy (non-hydrogen) atoms. The molecule has 0 unspecified atom stereocenters. The van der Waals surface area contributed by atoms with Crippen LogP contribution in [-0.2, 0) is 13.6 Å². The number of carbonyl (C=O) groups is 1.